The van der Waals surface area contributed by atoms with E-state index < -0.39 is 18.3 Å². The van der Waals surface area contributed by atoms with Crippen molar-refractivity contribution in [3.63, 3.8) is 0 Å². The Morgan fingerprint density at radius 1 is 1.37 bits per heavy atom. The highest BCUT2D eigenvalue weighted by atomic mass is 19.3. The third kappa shape index (κ3) is 5.08. The van der Waals surface area contributed by atoms with E-state index in [1.54, 1.807) is 0 Å². The highest BCUT2D eigenvalue weighted by Gasteiger charge is 2.48. The Kier molecular flexibility index (Phi) is 6.90. The Morgan fingerprint density at radius 2 is 2.19 bits per heavy atom. The maximum absolute atomic E-state index is 14.8. The first-order chi connectivity index (χ1) is 12.9. The quantitative estimate of drug-likeness (QED) is 0.441. The largest absolute Gasteiger partial charge is 0.462 e. The SMILES string of the molecule is CCCCC(F)(F)[C@@H](C=C[C@@H]1[C@H]2CC(=O)O[C@H]2C[C@H]1C)OC1CCCCO1. The zero-order valence-corrected chi connectivity index (χ0v) is 16.4. The lowest BCUT2D eigenvalue weighted by molar-refractivity contribution is -0.226. The topological polar surface area (TPSA) is 44.8 Å². The molecule has 2 heterocycles. The molecule has 0 aromatic carbocycles. The van der Waals surface area contributed by atoms with Gasteiger partial charge in [-0.1, -0.05) is 32.4 Å². The van der Waals surface area contributed by atoms with E-state index in [1.807, 2.05) is 13.0 Å². The molecule has 0 aromatic heterocycles. The molecule has 27 heavy (non-hydrogen) atoms. The highest BCUT2D eigenvalue weighted by Crippen LogP contribution is 2.45. The van der Waals surface area contributed by atoms with Gasteiger partial charge >= 0.3 is 5.97 Å². The van der Waals surface area contributed by atoms with Crippen molar-refractivity contribution >= 4 is 5.97 Å². The molecule has 3 rings (SSSR count). The van der Waals surface area contributed by atoms with Crippen LogP contribution in [0.2, 0.25) is 0 Å². The maximum atomic E-state index is 14.8. The van der Waals surface area contributed by atoms with Crippen LogP contribution < -0.4 is 0 Å². The van der Waals surface area contributed by atoms with E-state index in [2.05, 4.69) is 6.92 Å². The Labute approximate surface area is 160 Å². The van der Waals surface area contributed by atoms with Crippen molar-refractivity contribution in [1.82, 2.24) is 0 Å². The number of alkyl halides is 2. The van der Waals surface area contributed by atoms with Crippen molar-refractivity contribution in [2.75, 3.05) is 6.61 Å². The molecule has 3 aliphatic rings. The zero-order valence-electron chi connectivity index (χ0n) is 16.4. The van der Waals surface area contributed by atoms with Gasteiger partial charge in [-0.2, -0.15) is 0 Å². The van der Waals surface area contributed by atoms with E-state index in [1.165, 1.54) is 6.08 Å². The number of rotatable bonds is 8. The number of fused-ring (bicyclic) bond motifs is 1. The predicted octanol–water partition coefficient (Wildman–Crippen LogP) is 4.87. The Balaban J connectivity index is 1.71. The van der Waals surface area contributed by atoms with Crippen LogP contribution in [-0.2, 0) is 19.0 Å². The van der Waals surface area contributed by atoms with Gasteiger partial charge in [0, 0.05) is 18.9 Å². The summed E-state index contributed by atoms with van der Waals surface area (Å²) < 4.78 is 46.3. The van der Waals surface area contributed by atoms with Gasteiger partial charge in [0.15, 0.2) is 6.29 Å². The average Bonchev–Trinajstić information content (AvgIpc) is 3.12. The van der Waals surface area contributed by atoms with Gasteiger partial charge in [-0.15, -0.1) is 0 Å². The number of allylic oxidation sites excluding steroid dienone is 1. The molecule has 1 unspecified atom stereocenters. The number of carbonyl (C=O) groups is 1. The van der Waals surface area contributed by atoms with Gasteiger partial charge in [-0.25, -0.2) is 8.78 Å². The van der Waals surface area contributed by atoms with Crippen LogP contribution in [0.4, 0.5) is 8.78 Å². The summed E-state index contributed by atoms with van der Waals surface area (Å²) in [4.78, 5) is 11.6. The molecule has 3 fully saturated rings. The number of hydrogen-bond acceptors (Lipinski definition) is 4. The molecule has 0 N–H and O–H groups in total. The Morgan fingerprint density at radius 3 is 2.89 bits per heavy atom. The molecule has 0 spiro atoms. The van der Waals surface area contributed by atoms with E-state index in [0.717, 1.165) is 25.7 Å². The van der Waals surface area contributed by atoms with E-state index >= 15 is 0 Å². The minimum Gasteiger partial charge on any atom is -0.462 e. The standard InChI is InChI=1S/C21H32F2O4/c1-3-4-10-21(22,23)18(27-20-7-5-6-11-25-20)9-8-15-14(2)12-17-16(15)13-19(24)26-17/h8-9,14-18,20H,3-7,10-13H2,1-2H3/t14-,15+,16-,17+,18-,20?/m1/s1. The van der Waals surface area contributed by atoms with Crippen molar-refractivity contribution in [3.8, 4) is 0 Å². The predicted molar refractivity (Wildman–Crippen MR) is 97.3 cm³/mol. The lowest BCUT2D eigenvalue weighted by atomic mass is 9.87. The second-order valence-electron chi connectivity index (χ2n) is 8.29. The van der Waals surface area contributed by atoms with Gasteiger partial charge < -0.3 is 14.2 Å². The number of hydrogen-bond donors (Lipinski definition) is 0. The first kappa shape index (κ1) is 20.7. The van der Waals surface area contributed by atoms with Gasteiger partial charge in [-0.05, 0) is 43.9 Å². The monoisotopic (exact) mass is 386 g/mol. The molecular formula is C21H32F2O4. The van der Waals surface area contributed by atoms with Crippen LogP contribution >= 0.6 is 0 Å². The lowest BCUT2D eigenvalue weighted by Crippen LogP contribution is -2.39. The molecule has 1 saturated carbocycles. The first-order valence-electron chi connectivity index (χ1n) is 10.4. The van der Waals surface area contributed by atoms with E-state index in [9.17, 15) is 13.6 Å². The summed E-state index contributed by atoms with van der Waals surface area (Å²) >= 11 is 0. The highest BCUT2D eigenvalue weighted by molar-refractivity contribution is 5.72. The molecule has 2 aliphatic heterocycles. The molecule has 154 valence electrons. The average molecular weight is 386 g/mol. The molecule has 6 atom stereocenters. The van der Waals surface area contributed by atoms with Gasteiger partial charge in [0.05, 0.1) is 6.42 Å². The maximum Gasteiger partial charge on any atom is 0.306 e. The zero-order chi connectivity index (χ0) is 19.4. The summed E-state index contributed by atoms with van der Waals surface area (Å²) in [5.41, 5.74) is 0. The molecule has 2 saturated heterocycles. The van der Waals surface area contributed by atoms with Gasteiger partial charge in [0.2, 0.25) is 0 Å². The number of ether oxygens (including phenoxy) is 3. The summed E-state index contributed by atoms with van der Waals surface area (Å²) in [5, 5.41) is 0. The smallest absolute Gasteiger partial charge is 0.306 e. The van der Waals surface area contributed by atoms with Crippen LogP contribution in [0.15, 0.2) is 12.2 Å². The summed E-state index contributed by atoms with van der Waals surface area (Å²) in [6.45, 7) is 4.56. The van der Waals surface area contributed by atoms with Gasteiger partial charge in [0.1, 0.15) is 12.2 Å². The van der Waals surface area contributed by atoms with Crippen LogP contribution in [0, 0.1) is 17.8 Å². The van der Waals surface area contributed by atoms with Gasteiger partial charge in [0.25, 0.3) is 5.92 Å². The Bertz CT molecular complexity index is 530. The van der Waals surface area contributed by atoms with Crippen LogP contribution in [0.3, 0.4) is 0 Å². The second-order valence-corrected chi connectivity index (χ2v) is 8.29. The summed E-state index contributed by atoms with van der Waals surface area (Å²) in [6.07, 6.45) is 6.15. The fourth-order valence-electron chi connectivity index (χ4n) is 4.56. The van der Waals surface area contributed by atoms with Crippen LogP contribution in [0.5, 0.6) is 0 Å². The summed E-state index contributed by atoms with van der Waals surface area (Å²) in [5.74, 6) is -2.63. The Hall–Kier alpha value is -1.01. The normalized spacial score (nSPS) is 35.4. The van der Waals surface area contributed by atoms with Gasteiger partial charge in [-0.3, -0.25) is 4.79 Å². The van der Waals surface area contributed by atoms with Crippen molar-refractivity contribution in [2.24, 2.45) is 17.8 Å². The fourth-order valence-corrected chi connectivity index (χ4v) is 4.56. The molecule has 0 amide bonds. The second kappa shape index (κ2) is 8.99. The van der Waals surface area contributed by atoms with Crippen LogP contribution in [-0.4, -0.2) is 37.0 Å². The lowest BCUT2D eigenvalue weighted by Gasteiger charge is -2.31. The minimum atomic E-state index is -2.93. The van der Waals surface area contributed by atoms with Crippen molar-refractivity contribution in [2.45, 2.75) is 89.6 Å². The minimum absolute atomic E-state index is 0.0659. The number of carbonyl (C=O) groups excluding carboxylic acids is 1. The third-order valence-electron chi connectivity index (χ3n) is 6.14. The van der Waals surface area contributed by atoms with Crippen molar-refractivity contribution in [3.05, 3.63) is 12.2 Å². The molecule has 6 heteroatoms. The summed E-state index contributed by atoms with van der Waals surface area (Å²) in [7, 11) is 0. The van der Waals surface area contributed by atoms with Crippen molar-refractivity contribution < 1.29 is 27.8 Å². The number of unbranched alkanes of at least 4 members (excludes halogenated alkanes) is 1. The molecule has 4 nitrogen and oxygen atoms in total. The third-order valence-corrected chi connectivity index (χ3v) is 6.14. The number of esters is 1. The fraction of sp³-hybridized carbons (Fsp3) is 0.857. The van der Waals surface area contributed by atoms with E-state index in [0.29, 0.717) is 31.8 Å². The molecule has 0 radical (unpaired) electrons. The van der Waals surface area contributed by atoms with Crippen LogP contribution in [0.25, 0.3) is 0 Å². The molecule has 0 aromatic rings. The molecule has 1 aliphatic carbocycles. The first-order valence-corrected chi connectivity index (χ1v) is 10.4. The van der Waals surface area contributed by atoms with E-state index in [-0.39, 0.29) is 30.3 Å². The van der Waals surface area contributed by atoms with Crippen molar-refractivity contribution in [1.29, 1.82) is 0 Å². The van der Waals surface area contributed by atoms with E-state index in [4.69, 9.17) is 14.2 Å². The number of halogens is 2. The summed E-state index contributed by atoms with van der Waals surface area (Å²) in [6, 6.07) is 0. The molecular weight excluding hydrogens is 354 g/mol. The molecule has 0 bridgehead atoms. The van der Waals surface area contributed by atoms with Crippen LogP contribution in [0.1, 0.15) is 65.2 Å².